The molecule has 6 heteroatoms. The maximum Gasteiger partial charge on any atom is 0.348 e. The lowest BCUT2D eigenvalue weighted by Crippen LogP contribution is -2.35. The van der Waals surface area contributed by atoms with Gasteiger partial charge in [-0.15, -0.1) is 11.3 Å². The van der Waals surface area contributed by atoms with Gasteiger partial charge in [0.25, 0.3) is 5.91 Å². The average molecular weight is 359 g/mol. The minimum absolute atomic E-state index is 0.119. The zero-order chi connectivity index (χ0) is 17.8. The summed E-state index contributed by atoms with van der Waals surface area (Å²) in [6, 6.07) is 9.34. The Morgan fingerprint density at radius 1 is 1.36 bits per heavy atom. The summed E-state index contributed by atoms with van der Waals surface area (Å²) in [6.45, 7) is 4.29. The Hall–Kier alpha value is -2.34. The number of esters is 1. The Kier molecular flexibility index (Phi) is 5.38. The van der Waals surface area contributed by atoms with Crippen LogP contribution in [-0.4, -0.2) is 25.1 Å². The normalized spacial score (nSPS) is 15.8. The van der Waals surface area contributed by atoms with Crippen molar-refractivity contribution < 1.29 is 19.1 Å². The van der Waals surface area contributed by atoms with E-state index in [2.05, 4.69) is 5.32 Å². The van der Waals surface area contributed by atoms with E-state index in [-0.39, 0.29) is 18.6 Å². The number of aryl methyl sites for hydroxylation is 2. The predicted octanol–water partition coefficient (Wildman–Crippen LogP) is 3.42. The van der Waals surface area contributed by atoms with Crippen molar-refractivity contribution in [2.75, 3.05) is 13.2 Å². The molecule has 0 bridgehead atoms. The van der Waals surface area contributed by atoms with Crippen LogP contribution in [0.2, 0.25) is 0 Å². The molecule has 1 N–H and O–H groups in total. The van der Waals surface area contributed by atoms with Crippen LogP contribution in [0.25, 0.3) is 0 Å². The fourth-order valence-electron chi connectivity index (χ4n) is 2.90. The molecule has 1 atom stereocenters. The predicted molar refractivity (Wildman–Crippen MR) is 96.2 cm³/mol. The number of thiophene rings is 1. The van der Waals surface area contributed by atoms with Gasteiger partial charge in [-0.2, -0.15) is 0 Å². The van der Waals surface area contributed by atoms with E-state index in [1.807, 2.05) is 44.2 Å². The third-order valence-corrected chi connectivity index (χ3v) is 5.53. The van der Waals surface area contributed by atoms with Crippen LogP contribution in [0.3, 0.4) is 0 Å². The Bertz CT molecular complexity index is 783. The average Bonchev–Trinajstić information content (AvgIpc) is 3.01. The number of para-hydroxylation sites is 1. The Balaban J connectivity index is 1.56. The highest BCUT2D eigenvalue weighted by Crippen LogP contribution is 2.31. The molecule has 5 nitrogen and oxygen atoms in total. The van der Waals surface area contributed by atoms with E-state index < -0.39 is 5.97 Å². The summed E-state index contributed by atoms with van der Waals surface area (Å²) in [4.78, 5) is 26.0. The molecule has 2 aromatic rings. The second-order valence-corrected chi connectivity index (χ2v) is 7.08. The number of fused-ring (bicyclic) bond motifs is 1. The third-order valence-electron chi connectivity index (χ3n) is 4.17. The van der Waals surface area contributed by atoms with Gasteiger partial charge >= 0.3 is 5.97 Å². The first kappa shape index (κ1) is 17.5. The van der Waals surface area contributed by atoms with Crippen molar-refractivity contribution in [2.45, 2.75) is 32.7 Å². The third kappa shape index (κ3) is 4.02. The number of hydrogen-bond acceptors (Lipinski definition) is 5. The number of nitrogens with one attached hydrogen (secondary N) is 1. The summed E-state index contributed by atoms with van der Waals surface area (Å²) in [6.07, 6.45) is 1.58. The number of amides is 1. The van der Waals surface area contributed by atoms with E-state index >= 15 is 0 Å². The fraction of sp³-hybridized carbons (Fsp3) is 0.368. The van der Waals surface area contributed by atoms with Gasteiger partial charge in [0, 0.05) is 16.9 Å². The molecule has 1 amide bonds. The van der Waals surface area contributed by atoms with Gasteiger partial charge in [0.1, 0.15) is 10.6 Å². The molecule has 0 saturated carbocycles. The van der Waals surface area contributed by atoms with E-state index in [4.69, 9.17) is 9.47 Å². The standard InChI is InChI=1S/C19H21NO4S/c1-3-16-12(2)10-17(25-16)19(22)24-11-18(21)20-14-8-9-23-15-7-5-4-6-13(14)15/h4-7,10,14H,3,8-9,11H2,1-2H3,(H,20,21). The lowest BCUT2D eigenvalue weighted by atomic mass is 10.0. The first-order chi connectivity index (χ1) is 12.1. The Morgan fingerprint density at radius 3 is 2.92 bits per heavy atom. The van der Waals surface area contributed by atoms with Crippen LogP contribution in [0.15, 0.2) is 30.3 Å². The SMILES string of the molecule is CCc1sc(C(=O)OCC(=O)NC2CCOc3ccccc32)cc1C. The van der Waals surface area contributed by atoms with E-state index in [9.17, 15) is 9.59 Å². The van der Waals surface area contributed by atoms with E-state index in [0.717, 1.165) is 28.2 Å². The maximum absolute atomic E-state index is 12.2. The molecule has 25 heavy (non-hydrogen) atoms. The van der Waals surface area contributed by atoms with Crippen molar-refractivity contribution >= 4 is 23.2 Å². The molecule has 2 heterocycles. The molecule has 132 valence electrons. The first-order valence-corrected chi connectivity index (χ1v) is 9.17. The van der Waals surface area contributed by atoms with Crippen LogP contribution in [0.4, 0.5) is 0 Å². The molecular formula is C19H21NO4S. The summed E-state index contributed by atoms with van der Waals surface area (Å²) < 4.78 is 10.7. The summed E-state index contributed by atoms with van der Waals surface area (Å²) in [7, 11) is 0. The quantitative estimate of drug-likeness (QED) is 0.831. The molecule has 1 aromatic carbocycles. The van der Waals surface area contributed by atoms with Gasteiger partial charge in [-0.3, -0.25) is 4.79 Å². The zero-order valence-electron chi connectivity index (χ0n) is 14.3. The van der Waals surface area contributed by atoms with Crippen LogP contribution in [0.5, 0.6) is 5.75 Å². The van der Waals surface area contributed by atoms with Gasteiger partial charge in [-0.05, 0) is 31.0 Å². The molecular weight excluding hydrogens is 338 g/mol. The van der Waals surface area contributed by atoms with Gasteiger partial charge in [0.05, 0.1) is 12.6 Å². The van der Waals surface area contributed by atoms with Crippen molar-refractivity contribution in [3.8, 4) is 5.75 Å². The molecule has 0 aliphatic carbocycles. The fourth-order valence-corrected chi connectivity index (χ4v) is 3.91. The van der Waals surface area contributed by atoms with Crippen molar-refractivity contribution in [1.29, 1.82) is 0 Å². The summed E-state index contributed by atoms with van der Waals surface area (Å²) in [5.74, 6) is 0.0339. The second kappa shape index (κ2) is 7.70. The number of carbonyl (C=O) groups is 2. The van der Waals surface area contributed by atoms with Crippen molar-refractivity contribution in [3.05, 3.63) is 51.2 Å². The molecule has 3 rings (SSSR count). The van der Waals surface area contributed by atoms with Crippen molar-refractivity contribution in [3.63, 3.8) is 0 Å². The maximum atomic E-state index is 12.2. The number of ether oxygens (including phenoxy) is 2. The van der Waals surface area contributed by atoms with Crippen LogP contribution in [0, 0.1) is 6.92 Å². The van der Waals surface area contributed by atoms with Crippen molar-refractivity contribution in [2.24, 2.45) is 0 Å². The number of hydrogen-bond donors (Lipinski definition) is 1. The molecule has 1 aliphatic rings. The van der Waals surface area contributed by atoms with E-state index in [1.165, 1.54) is 11.3 Å². The lowest BCUT2D eigenvalue weighted by molar-refractivity contribution is -0.125. The molecule has 0 saturated heterocycles. The Labute approximate surface area is 151 Å². The monoisotopic (exact) mass is 359 g/mol. The largest absolute Gasteiger partial charge is 0.493 e. The van der Waals surface area contributed by atoms with Crippen LogP contribution < -0.4 is 10.1 Å². The molecule has 1 unspecified atom stereocenters. The van der Waals surface area contributed by atoms with Gasteiger partial charge in [-0.1, -0.05) is 25.1 Å². The number of benzene rings is 1. The van der Waals surface area contributed by atoms with Crippen LogP contribution in [-0.2, 0) is 16.0 Å². The molecule has 0 fully saturated rings. The minimum Gasteiger partial charge on any atom is -0.493 e. The Morgan fingerprint density at radius 2 is 2.16 bits per heavy atom. The van der Waals surface area contributed by atoms with Crippen LogP contribution in [0.1, 0.15) is 45.1 Å². The van der Waals surface area contributed by atoms with Gasteiger partial charge in [-0.25, -0.2) is 4.79 Å². The first-order valence-electron chi connectivity index (χ1n) is 8.36. The van der Waals surface area contributed by atoms with Gasteiger partial charge in [0.15, 0.2) is 6.61 Å². The van der Waals surface area contributed by atoms with E-state index in [0.29, 0.717) is 17.9 Å². The highest BCUT2D eigenvalue weighted by molar-refractivity contribution is 7.14. The molecule has 1 aliphatic heterocycles. The molecule has 1 aromatic heterocycles. The van der Waals surface area contributed by atoms with E-state index in [1.54, 1.807) is 0 Å². The zero-order valence-corrected chi connectivity index (χ0v) is 15.2. The summed E-state index contributed by atoms with van der Waals surface area (Å²) in [5, 5.41) is 2.92. The van der Waals surface area contributed by atoms with Gasteiger partial charge < -0.3 is 14.8 Å². The highest BCUT2D eigenvalue weighted by Gasteiger charge is 2.23. The van der Waals surface area contributed by atoms with Gasteiger partial charge in [0.2, 0.25) is 0 Å². The highest BCUT2D eigenvalue weighted by atomic mass is 32.1. The summed E-state index contributed by atoms with van der Waals surface area (Å²) >= 11 is 1.42. The topological polar surface area (TPSA) is 64.6 Å². The minimum atomic E-state index is -0.449. The number of carbonyl (C=O) groups excluding carboxylic acids is 2. The second-order valence-electron chi connectivity index (χ2n) is 5.94. The molecule has 0 radical (unpaired) electrons. The summed E-state index contributed by atoms with van der Waals surface area (Å²) in [5.41, 5.74) is 2.04. The van der Waals surface area contributed by atoms with Crippen LogP contribution >= 0.6 is 11.3 Å². The lowest BCUT2D eigenvalue weighted by Gasteiger charge is -2.26. The smallest absolute Gasteiger partial charge is 0.348 e. The molecule has 0 spiro atoms. The number of rotatable bonds is 5. The van der Waals surface area contributed by atoms with Crippen molar-refractivity contribution in [1.82, 2.24) is 5.32 Å².